The summed E-state index contributed by atoms with van der Waals surface area (Å²) in [5, 5.41) is 1.84. The van der Waals surface area contributed by atoms with E-state index in [0.29, 0.717) is 12.0 Å². The molecule has 1 aliphatic heterocycles. The van der Waals surface area contributed by atoms with Gasteiger partial charge in [0.15, 0.2) is 0 Å². The lowest BCUT2D eigenvalue weighted by molar-refractivity contribution is -0.114. The predicted molar refractivity (Wildman–Crippen MR) is 53.3 cm³/mol. The third-order valence-corrected chi connectivity index (χ3v) is 3.05. The average molecular weight is 191 g/mol. The number of carbonyl (C=O) groups excluding carboxylic acids is 1. The fourth-order valence-corrected chi connectivity index (χ4v) is 2.21. The number of amides is 1. The Balaban J connectivity index is 2.33. The Morgan fingerprint density at radius 2 is 2.15 bits per heavy atom. The number of hydrogen-bond donors (Lipinski definition) is 1. The molecule has 2 N–H and O–H groups in total. The van der Waals surface area contributed by atoms with Crippen LogP contribution in [0.3, 0.4) is 0 Å². The van der Waals surface area contributed by atoms with Gasteiger partial charge in [-0.05, 0) is 17.0 Å². The number of nitrogens with two attached hydrogens (primary N) is 1. The molecule has 0 bridgehead atoms. The number of fused-ring (bicyclic) bond motifs is 1. The van der Waals surface area contributed by atoms with Crippen LogP contribution in [0.2, 0.25) is 0 Å². The highest BCUT2D eigenvalue weighted by Gasteiger charge is 2.13. The van der Waals surface area contributed by atoms with E-state index in [9.17, 15) is 4.79 Å². The van der Waals surface area contributed by atoms with Crippen molar-refractivity contribution in [2.75, 3.05) is 0 Å². The zero-order valence-corrected chi connectivity index (χ0v) is 7.80. The van der Waals surface area contributed by atoms with Gasteiger partial charge in [-0.1, -0.05) is 30.0 Å². The van der Waals surface area contributed by atoms with Gasteiger partial charge in [-0.3, -0.25) is 4.79 Å². The van der Waals surface area contributed by atoms with E-state index < -0.39 is 0 Å². The van der Waals surface area contributed by atoms with E-state index in [4.69, 9.17) is 5.73 Å². The molecule has 1 aromatic rings. The van der Waals surface area contributed by atoms with E-state index in [-0.39, 0.29) is 5.91 Å². The van der Waals surface area contributed by atoms with Crippen LogP contribution in [0.15, 0.2) is 40.1 Å². The molecule has 0 fully saturated rings. The van der Waals surface area contributed by atoms with Gasteiger partial charge in [0, 0.05) is 16.9 Å². The minimum atomic E-state index is -0.318. The summed E-state index contributed by atoms with van der Waals surface area (Å²) < 4.78 is 0. The number of primary amides is 1. The molecule has 1 heterocycles. The van der Waals surface area contributed by atoms with Gasteiger partial charge in [0.05, 0.1) is 0 Å². The second-order valence-electron chi connectivity index (χ2n) is 2.91. The minimum Gasteiger partial charge on any atom is -0.366 e. The Bertz CT molecular complexity index is 384. The second-order valence-corrected chi connectivity index (χ2v) is 3.82. The summed E-state index contributed by atoms with van der Waals surface area (Å²) in [4.78, 5) is 12.1. The van der Waals surface area contributed by atoms with Crippen LogP contribution in [0.5, 0.6) is 0 Å². The average Bonchev–Trinajstić information content (AvgIpc) is 2.17. The molecule has 1 aromatic carbocycles. The van der Waals surface area contributed by atoms with Gasteiger partial charge in [0.2, 0.25) is 5.91 Å². The van der Waals surface area contributed by atoms with E-state index in [1.165, 1.54) is 10.5 Å². The maximum absolute atomic E-state index is 10.9. The number of thioether (sulfide) groups is 1. The Morgan fingerprint density at radius 3 is 2.92 bits per heavy atom. The van der Waals surface area contributed by atoms with E-state index in [2.05, 4.69) is 0 Å². The largest absolute Gasteiger partial charge is 0.366 e. The maximum atomic E-state index is 10.9. The highest BCUT2D eigenvalue weighted by atomic mass is 32.2. The molecule has 13 heavy (non-hydrogen) atoms. The molecule has 0 spiro atoms. The molecule has 0 saturated heterocycles. The van der Waals surface area contributed by atoms with E-state index >= 15 is 0 Å². The van der Waals surface area contributed by atoms with Crippen molar-refractivity contribution in [1.82, 2.24) is 0 Å². The van der Waals surface area contributed by atoms with Crippen molar-refractivity contribution in [1.29, 1.82) is 0 Å². The maximum Gasteiger partial charge on any atom is 0.245 e. The zero-order valence-electron chi connectivity index (χ0n) is 6.99. The van der Waals surface area contributed by atoms with E-state index in [1.54, 1.807) is 11.8 Å². The Labute approximate surface area is 80.8 Å². The van der Waals surface area contributed by atoms with Crippen molar-refractivity contribution >= 4 is 17.7 Å². The summed E-state index contributed by atoms with van der Waals surface area (Å²) in [6.07, 6.45) is 0.665. The fourth-order valence-electron chi connectivity index (χ4n) is 1.29. The smallest absolute Gasteiger partial charge is 0.245 e. The van der Waals surface area contributed by atoms with Gasteiger partial charge in [-0.2, -0.15) is 0 Å². The van der Waals surface area contributed by atoms with Crippen LogP contribution in [-0.2, 0) is 11.2 Å². The second kappa shape index (κ2) is 3.26. The van der Waals surface area contributed by atoms with Gasteiger partial charge in [-0.15, -0.1) is 0 Å². The van der Waals surface area contributed by atoms with Gasteiger partial charge in [-0.25, -0.2) is 0 Å². The normalized spacial score (nSPS) is 14.6. The van der Waals surface area contributed by atoms with Gasteiger partial charge in [0.1, 0.15) is 0 Å². The first-order valence-electron chi connectivity index (χ1n) is 4.01. The standard InChI is InChI=1S/C10H9NOS/c11-10(12)8-5-7-3-1-2-4-9(7)13-6-8/h1-4,6H,5H2,(H2,11,12). The van der Waals surface area contributed by atoms with Gasteiger partial charge in [0.25, 0.3) is 0 Å². The molecule has 0 atom stereocenters. The lowest BCUT2D eigenvalue weighted by Gasteiger charge is -2.13. The van der Waals surface area contributed by atoms with Crippen molar-refractivity contribution in [3.8, 4) is 0 Å². The van der Waals surface area contributed by atoms with Crippen molar-refractivity contribution in [3.63, 3.8) is 0 Å². The molecule has 0 unspecified atom stereocenters. The van der Waals surface area contributed by atoms with Crippen molar-refractivity contribution in [2.24, 2.45) is 5.73 Å². The van der Waals surface area contributed by atoms with Crippen LogP contribution in [0.25, 0.3) is 0 Å². The first-order valence-corrected chi connectivity index (χ1v) is 4.89. The number of benzene rings is 1. The lowest BCUT2D eigenvalue weighted by atomic mass is 10.1. The third kappa shape index (κ3) is 1.60. The first kappa shape index (κ1) is 8.38. The van der Waals surface area contributed by atoms with E-state index in [0.717, 1.165) is 0 Å². The Morgan fingerprint density at radius 1 is 1.38 bits per heavy atom. The molecule has 3 heteroatoms. The molecule has 2 nitrogen and oxygen atoms in total. The molecule has 0 aliphatic carbocycles. The van der Waals surface area contributed by atoms with Crippen molar-refractivity contribution in [3.05, 3.63) is 40.8 Å². The van der Waals surface area contributed by atoms with Crippen LogP contribution in [0, 0.1) is 0 Å². The summed E-state index contributed by atoms with van der Waals surface area (Å²) in [6.45, 7) is 0. The summed E-state index contributed by atoms with van der Waals surface area (Å²) in [6, 6.07) is 8.05. The minimum absolute atomic E-state index is 0.318. The van der Waals surface area contributed by atoms with Crippen LogP contribution >= 0.6 is 11.8 Å². The van der Waals surface area contributed by atoms with Crippen LogP contribution in [0.1, 0.15) is 5.56 Å². The Kier molecular flexibility index (Phi) is 2.10. The molecular formula is C10H9NOS. The molecular weight excluding hydrogens is 182 g/mol. The molecule has 0 radical (unpaired) electrons. The number of rotatable bonds is 1. The molecule has 2 rings (SSSR count). The zero-order chi connectivity index (χ0) is 9.26. The predicted octanol–water partition coefficient (Wildman–Crippen LogP) is 1.70. The highest BCUT2D eigenvalue weighted by molar-refractivity contribution is 8.02. The molecule has 0 saturated carbocycles. The van der Waals surface area contributed by atoms with Crippen LogP contribution < -0.4 is 5.73 Å². The quantitative estimate of drug-likeness (QED) is 0.734. The summed E-state index contributed by atoms with van der Waals surface area (Å²) in [5.74, 6) is -0.318. The highest BCUT2D eigenvalue weighted by Crippen LogP contribution is 2.31. The van der Waals surface area contributed by atoms with Crippen LogP contribution in [0.4, 0.5) is 0 Å². The molecule has 0 aromatic heterocycles. The summed E-state index contributed by atoms with van der Waals surface area (Å²) >= 11 is 1.56. The topological polar surface area (TPSA) is 43.1 Å². The van der Waals surface area contributed by atoms with Crippen molar-refractivity contribution < 1.29 is 4.79 Å². The number of carbonyl (C=O) groups is 1. The lowest BCUT2D eigenvalue weighted by Crippen LogP contribution is -2.16. The fraction of sp³-hybridized carbons (Fsp3) is 0.100. The SMILES string of the molecule is NC(=O)C1=CSc2ccccc2C1. The van der Waals surface area contributed by atoms with Crippen LogP contribution in [-0.4, -0.2) is 5.91 Å². The molecule has 66 valence electrons. The monoisotopic (exact) mass is 191 g/mol. The first-order chi connectivity index (χ1) is 6.27. The van der Waals surface area contributed by atoms with Crippen molar-refractivity contribution in [2.45, 2.75) is 11.3 Å². The molecule has 1 amide bonds. The summed E-state index contributed by atoms with van der Waals surface area (Å²) in [7, 11) is 0. The third-order valence-electron chi connectivity index (χ3n) is 2.00. The van der Waals surface area contributed by atoms with Gasteiger partial charge < -0.3 is 5.73 Å². The number of hydrogen-bond acceptors (Lipinski definition) is 2. The van der Waals surface area contributed by atoms with E-state index in [1.807, 2.05) is 29.7 Å². The Hall–Kier alpha value is -1.22. The molecule has 1 aliphatic rings. The summed E-state index contributed by atoms with van der Waals surface area (Å²) in [5.41, 5.74) is 7.09. The van der Waals surface area contributed by atoms with Gasteiger partial charge >= 0.3 is 0 Å².